The molecule has 0 aromatic carbocycles. The van der Waals surface area contributed by atoms with Crippen LogP contribution in [0.3, 0.4) is 0 Å². The monoisotopic (exact) mass is 221 g/mol. The predicted molar refractivity (Wildman–Crippen MR) is 60.8 cm³/mol. The Morgan fingerprint density at radius 1 is 1.44 bits per heavy atom. The lowest BCUT2D eigenvalue weighted by atomic mass is 10.2. The SMILES string of the molecule is COC[C@@H](C)Cn1cnc2c(N)ncnc21. The van der Waals surface area contributed by atoms with E-state index in [1.807, 2.05) is 4.57 Å². The quantitative estimate of drug-likeness (QED) is 0.821. The summed E-state index contributed by atoms with van der Waals surface area (Å²) in [5.74, 6) is 0.821. The smallest absolute Gasteiger partial charge is 0.165 e. The average Bonchev–Trinajstić information content (AvgIpc) is 2.64. The lowest BCUT2D eigenvalue weighted by Crippen LogP contribution is -2.12. The molecular formula is C10H15N5O. The molecule has 0 spiro atoms. The maximum absolute atomic E-state index is 5.71. The first-order valence-corrected chi connectivity index (χ1v) is 5.12. The van der Waals surface area contributed by atoms with Crippen LogP contribution in [0.15, 0.2) is 12.7 Å². The van der Waals surface area contributed by atoms with Crippen LogP contribution in [0.2, 0.25) is 0 Å². The number of nitrogens with two attached hydrogens (primary N) is 1. The number of aromatic nitrogens is 4. The Kier molecular flexibility index (Phi) is 3.00. The van der Waals surface area contributed by atoms with Crippen LogP contribution in [0.5, 0.6) is 0 Å². The van der Waals surface area contributed by atoms with Crippen molar-refractivity contribution in [3.05, 3.63) is 12.7 Å². The van der Waals surface area contributed by atoms with Crippen molar-refractivity contribution in [3.8, 4) is 0 Å². The zero-order valence-electron chi connectivity index (χ0n) is 9.42. The van der Waals surface area contributed by atoms with E-state index in [1.165, 1.54) is 6.33 Å². The van der Waals surface area contributed by atoms with Gasteiger partial charge in [0.25, 0.3) is 0 Å². The number of nitrogen functional groups attached to an aromatic ring is 1. The Morgan fingerprint density at radius 2 is 2.25 bits per heavy atom. The summed E-state index contributed by atoms with van der Waals surface area (Å²) >= 11 is 0. The van der Waals surface area contributed by atoms with E-state index in [0.29, 0.717) is 23.9 Å². The number of nitrogens with zero attached hydrogens (tertiary/aromatic N) is 4. The van der Waals surface area contributed by atoms with Gasteiger partial charge in [-0.2, -0.15) is 0 Å². The van der Waals surface area contributed by atoms with Crippen molar-refractivity contribution >= 4 is 17.0 Å². The van der Waals surface area contributed by atoms with E-state index in [1.54, 1.807) is 13.4 Å². The largest absolute Gasteiger partial charge is 0.384 e. The maximum Gasteiger partial charge on any atom is 0.165 e. The molecule has 2 aromatic heterocycles. The van der Waals surface area contributed by atoms with Crippen LogP contribution in [-0.4, -0.2) is 33.2 Å². The Morgan fingerprint density at radius 3 is 3.00 bits per heavy atom. The summed E-state index contributed by atoms with van der Waals surface area (Å²) in [5.41, 5.74) is 7.14. The molecule has 2 N–H and O–H groups in total. The molecule has 6 heteroatoms. The minimum absolute atomic E-state index is 0.401. The summed E-state index contributed by atoms with van der Waals surface area (Å²) in [5, 5.41) is 0. The topological polar surface area (TPSA) is 78.9 Å². The Balaban J connectivity index is 2.28. The van der Waals surface area contributed by atoms with Gasteiger partial charge in [-0.3, -0.25) is 0 Å². The molecule has 0 unspecified atom stereocenters. The minimum Gasteiger partial charge on any atom is -0.384 e. The summed E-state index contributed by atoms with van der Waals surface area (Å²) < 4.78 is 7.07. The van der Waals surface area contributed by atoms with Gasteiger partial charge in [0.15, 0.2) is 11.5 Å². The summed E-state index contributed by atoms with van der Waals surface area (Å²) in [6.45, 7) is 3.63. The van der Waals surface area contributed by atoms with Crippen LogP contribution in [0, 0.1) is 5.92 Å². The minimum atomic E-state index is 0.401. The van der Waals surface area contributed by atoms with E-state index in [0.717, 1.165) is 12.2 Å². The summed E-state index contributed by atoms with van der Waals surface area (Å²) in [6, 6.07) is 0. The van der Waals surface area contributed by atoms with Gasteiger partial charge in [0.1, 0.15) is 11.8 Å². The van der Waals surface area contributed by atoms with Gasteiger partial charge in [-0.1, -0.05) is 6.92 Å². The number of hydrogen-bond acceptors (Lipinski definition) is 5. The van der Waals surface area contributed by atoms with Crippen molar-refractivity contribution in [3.63, 3.8) is 0 Å². The molecule has 0 saturated carbocycles. The van der Waals surface area contributed by atoms with E-state index in [-0.39, 0.29) is 0 Å². The molecule has 0 aliphatic carbocycles. The normalized spacial score (nSPS) is 13.1. The van der Waals surface area contributed by atoms with E-state index in [9.17, 15) is 0 Å². The second-order valence-corrected chi connectivity index (χ2v) is 3.89. The maximum atomic E-state index is 5.71. The molecule has 1 atom stereocenters. The Labute approximate surface area is 93.5 Å². The van der Waals surface area contributed by atoms with Gasteiger partial charge in [0.05, 0.1) is 12.9 Å². The van der Waals surface area contributed by atoms with Gasteiger partial charge in [-0.05, 0) is 5.92 Å². The molecule has 0 aliphatic heterocycles. The molecule has 6 nitrogen and oxygen atoms in total. The standard InChI is InChI=1S/C10H15N5O/c1-7(4-16-2)3-15-6-14-8-9(11)12-5-13-10(8)15/h5-7H,3-4H2,1-2H3,(H2,11,12,13)/t7-/m0/s1. The number of ether oxygens (including phenoxy) is 1. The third kappa shape index (κ3) is 1.96. The highest BCUT2D eigenvalue weighted by Crippen LogP contribution is 2.15. The van der Waals surface area contributed by atoms with Gasteiger partial charge in [0.2, 0.25) is 0 Å². The fourth-order valence-corrected chi connectivity index (χ4v) is 1.71. The van der Waals surface area contributed by atoms with Crippen molar-refractivity contribution < 1.29 is 4.74 Å². The van der Waals surface area contributed by atoms with E-state index in [4.69, 9.17) is 10.5 Å². The number of methoxy groups -OCH3 is 1. The lowest BCUT2D eigenvalue weighted by Gasteiger charge is -2.10. The zero-order chi connectivity index (χ0) is 11.5. The molecule has 0 aliphatic rings. The highest BCUT2D eigenvalue weighted by Gasteiger charge is 2.10. The first-order chi connectivity index (χ1) is 7.72. The van der Waals surface area contributed by atoms with E-state index >= 15 is 0 Å². The predicted octanol–water partition coefficient (Wildman–Crippen LogP) is 0.691. The van der Waals surface area contributed by atoms with Gasteiger partial charge >= 0.3 is 0 Å². The van der Waals surface area contributed by atoms with Crippen molar-refractivity contribution in [1.29, 1.82) is 0 Å². The van der Waals surface area contributed by atoms with Crippen LogP contribution in [0.4, 0.5) is 5.82 Å². The molecule has 2 heterocycles. The molecule has 0 radical (unpaired) electrons. The first-order valence-electron chi connectivity index (χ1n) is 5.12. The van der Waals surface area contributed by atoms with Crippen molar-refractivity contribution in [2.24, 2.45) is 5.92 Å². The van der Waals surface area contributed by atoms with Gasteiger partial charge in [-0.15, -0.1) is 0 Å². The molecule has 0 bridgehead atoms. The molecule has 0 fully saturated rings. The van der Waals surface area contributed by atoms with Crippen LogP contribution in [-0.2, 0) is 11.3 Å². The molecular weight excluding hydrogens is 206 g/mol. The summed E-state index contributed by atoms with van der Waals surface area (Å²) in [7, 11) is 1.70. The second kappa shape index (κ2) is 4.44. The third-order valence-electron chi connectivity index (χ3n) is 2.39. The number of rotatable bonds is 4. The number of hydrogen-bond donors (Lipinski definition) is 1. The molecule has 86 valence electrons. The van der Waals surface area contributed by atoms with Crippen molar-refractivity contribution in [1.82, 2.24) is 19.5 Å². The molecule has 2 rings (SSSR count). The van der Waals surface area contributed by atoms with Crippen LogP contribution < -0.4 is 5.73 Å². The molecule has 0 saturated heterocycles. The van der Waals surface area contributed by atoms with Crippen molar-refractivity contribution in [2.45, 2.75) is 13.5 Å². The van der Waals surface area contributed by atoms with Gasteiger partial charge < -0.3 is 15.0 Å². The summed E-state index contributed by atoms with van der Waals surface area (Å²) in [4.78, 5) is 12.3. The summed E-state index contributed by atoms with van der Waals surface area (Å²) in [6.07, 6.45) is 3.19. The zero-order valence-corrected chi connectivity index (χ0v) is 9.42. The molecule has 16 heavy (non-hydrogen) atoms. The van der Waals surface area contributed by atoms with Crippen LogP contribution >= 0.6 is 0 Å². The number of fused-ring (bicyclic) bond motifs is 1. The average molecular weight is 221 g/mol. The number of imidazole rings is 1. The van der Waals surface area contributed by atoms with E-state index < -0.39 is 0 Å². The van der Waals surface area contributed by atoms with E-state index in [2.05, 4.69) is 21.9 Å². The lowest BCUT2D eigenvalue weighted by molar-refractivity contribution is 0.152. The fourth-order valence-electron chi connectivity index (χ4n) is 1.71. The van der Waals surface area contributed by atoms with Crippen LogP contribution in [0.1, 0.15) is 6.92 Å². The highest BCUT2D eigenvalue weighted by atomic mass is 16.5. The second-order valence-electron chi connectivity index (χ2n) is 3.89. The third-order valence-corrected chi connectivity index (χ3v) is 2.39. The number of anilines is 1. The highest BCUT2D eigenvalue weighted by molar-refractivity contribution is 5.80. The van der Waals surface area contributed by atoms with Gasteiger partial charge in [-0.25, -0.2) is 15.0 Å². The van der Waals surface area contributed by atoms with Gasteiger partial charge in [0, 0.05) is 13.7 Å². The molecule has 2 aromatic rings. The van der Waals surface area contributed by atoms with Crippen LogP contribution in [0.25, 0.3) is 11.2 Å². The fraction of sp³-hybridized carbons (Fsp3) is 0.500. The molecule has 0 amide bonds. The Hall–Kier alpha value is -1.69. The first kappa shape index (κ1) is 10.8. The Bertz CT molecular complexity index is 481. The van der Waals surface area contributed by atoms with Crippen molar-refractivity contribution in [2.75, 3.05) is 19.5 Å².